The first-order chi connectivity index (χ1) is 15.8. The van der Waals surface area contributed by atoms with Gasteiger partial charge in [0.1, 0.15) is 11.1 Å². The molecule has 1 fully saturated rings. The van der Waals surface area contributed by atoms with Crippen LogP contribution in [0.4, 0.5) is 11.4 Å². The molecule has 170 valence electrons. The number of hydrogen-bond acceptors (Lipinski definition) is 4. The fourth-order valence-corrected chi connectivity index (χ4v) is 4.93. The number of benzene rings is 3. The molecule has 3 aromatic rings. The highest BCUT2D eigenvalue weighted by Gasteiger charge is 2.34. The standard InChI is InChI=1S/C27H28N2O3S/c1-27(2,3)20-9-13-22(14-10-20)29-24(30)17-33-26(29)19-5-11-21(12-6-19)28-25(31)18-7-15-23(32-4)16-8-18/h5-16,26H,17H2,1-4H3,(H,28,31)/t26-/m0/s1. The van der Waals surface area contributed by atoms with Crippen molar-refractivity contribution in [3.8, 4) is 5.75 Å². The second kappa shape index (κ2) is 9.32. The van der Waals surface area contributed by atoms with Gasteiger partial charge in [-0.2, -0.15) is 0 Å². The number of carbonyl (C=O) groups excluding carboxylic acids is 2. The van der Waals surface area contributed by atoms with E-state index < -0.39 is 0 Å². The van der Waals surface area contributed by atoms with Crippen LogP contribution in [0.2, 0.25) is 0 Å². The van der Waals surface area contributed by atoms with Crippen molar-refractivity contribution >= 4 is 35.0 Å². The predicted octanol–water partition coefficient (Wildman–Crippen LogP) is 6.02. The summed E-state index contributed by atoms with van der Waals surface area (Å²) in [5.41, 5.74) is 4.48. The average Bonchev–Trinajstić information content (AvgIpc) is 3.20. The zero-order valence-electron chi connectivity index (χ0n) is 19.3. The number of ether oxygens (including phenoxy) is 1. The van der Waals surface area contributed by atoms with Gasteiger partial charge in [-0.25, -0.2) is 0 Å². The zero-order chi connectivity index (χ0) is 23.6. The van der Waals surface area contributed by atoms with Crippen LogP contribution in [-0.4, -0.2) is 24.7 Å². The average molecular weight is 461 g/mol. The Hall–Kier alpha value is -3.25. The van der Waals surface area contributed by atoms with E-state index in [1.807, 2.05) is 41.3 Å². The maximum Gasteiger partial charge on any atom is 0.255 e. The molecule has 6 heteroatoms. The molecule has 1 N–H and O–H groups in total. The first kappa shape index (κ1) is 22.9. The van der Waals surface area contributed by atoms with Crippen molar-refractivity contribution in [3.63, 3.8) is 0 Å². The van der Waals surface area contributed by atoms with E-state index in [4.69, 9.17) is 4.74 Å². The molecule has 1 atom stereocenters. The maximum atomic E-state index is 12.7. The molecule has 33 heavy (non-hydrogen) atoms. The fourth-order valence-electron chi connectivity index (χ4n) is 3.75. The molecule has 1 aliphatic rings. The molecule has 1 aliphatic heterocycles. The van der Waals surface area contributed by atoms with Crippen molar-refractivity contribution in [1.82, 2.24) is 0 Å². The van der Waals surface area contributed by atoms with Crippen LogP contribution < -0.4 is 15.0 Å². The Bertz CT molecular complexity index is 1130. The van der Waals surface area contributed by atoms with E-state index in [9.17, 15) is 9.59 Å². The lowest BCUT2D eigenvalue weighted by Crippen LogP contribution is -2.28. The van der Waals surface area contributed by atoms with Gasteiger partial charge in [0.2, 0.25) is 5.91 Å². The van der Waals surface area contributed by atoms with Gasteiger partial charge in [-0.05, 0) is 65.1 Å². The van der Waals surface area contributed by atoms with Gasteiger partial charge in [0.15, 0.2) is 0 Å². The summed E-state index contributed by atoms with van der Waals surface area (Å²) >= 11 is 1.61. The third-order valence-electron chi connectivity index (χ3n) is 5.69. The van der Waals surface area contributed by atoms with Gasteiger partial charge < -0.3 is 10.1 Å². The van der Waals surface area contributed by atoms with Crippen LogP contribution in [0.15, 0.2) is 72.8 Å². The van der Waals surface area contributed by atoms with Crippen molar-refractivity contribution in [1.29, 1.82) is 0 Å². The second-order valence-electron chi connectivity index (χ2n) is 9.03. The summed E-state index contributed by atoms with van der Waals surface area (Å²) in [7, 11) is 1.59. The largest absolute Gasteiger partial charge is 0.497 e. The van der Waals surface area contributed by atoms with Crippen molar-refractivity contribution in [2.75, 3.05) is 23.1 Å². The Kier molecular flexibility index (Phi) is 6.47. The molecule has 0 aliphatic carbocycles. The van der Waals surface area contributed by atoms with Gasteiger partial charge in [0.05, 0.1) is 12.9 Å². The number of nitrogens with zero attached hydrogens (tertiary/aromatic N) is 1. The van der Waals surface area contributed by atoms with Gasteiger partial charge in [-0.1, -0.05) is 45.0 Å². The number of carbonyl (C=O) groups is 2. The lowest BCUT2D eigenvalue weighted by Gasteiger charge is -2.26. The van der Waals surface area contributed by atoms with Gasteiger partial charge in [0.25, 0.3) is 5.91 Å². The Morgan fingerprint density at radius 3 is 2.18 bits per heavy atom. The third-order valence-corrected chi connectivity index (χ3v) is 6.90. The number of thioether (sulfide) groups is 1. The highest BCUT2D eigenvalue weighted by molar-refractivity contribution is 8.00. The van der Waals surface area contributed by atoms with Crippen molar-refractivity contribution < 1.29 is 14.3 Å². The Morgan fingerprint density at radius 1 is 0.970 bits per heavy atom. The molecule has 1 saturated heterocycles. The minimum absolute atomic E-state index is 0.0633. The number of anilines is 2. The van der Waals surface area contributed by atoms with Crippen LogP contribution in [0.25, 0.3) is 0 Å². The molecule has 3 aromatic carbocycles. The van der Waals surface area contributed by atoms with E-state index in [0.717, 1.165) is 11.3 Å². The predicted molar refractivity (Wildman–Crippen MR) is 135 cm³/mol. The highest BCUT2D eigenvalue weighted by atomic mass is 32.2. The van der Waals surface area contributed by atoms with Crippen LogP contribution in [-0.2, 0) is 10.2 Å². The molecule has 4 rings (SSSR count). The monoisotopic (exact) mass is 460 g/mol. The van der Waals surface area contributed by atoms with Crippen LogP contribution >= 0.6 is 11.8 Å². The van der Waals surface area contributed by atoms with E-state index in [2.05, 4.69) is 38.2 Å². The molecule has 0 spiro atoms. The Morgan fingerprint density at radius 2 is 1.61 bits per heavy atom. The van der Waals surface area contributed by atoms with Crippen molar-refractivity contribution in [2.45, 2.75) is 31.6 Å². The zero-order valence-corrected chi connectivity index (χ0v) is 20.1. The summed E-state index contributed by atoms with van der Waals surface area (Å²) in [5, 5.41) is 2.83. The fraction of sp³-hybridized carbons (Fsp3) is 0.259. The minimum atomic E-state index is -0.184. The van der Waals surface area contributed by atoms with Crippen LogP contribution in [0.1, 0.15) is 47.6 Å². The van der Waals surface area contributed by atoms with E-state index >= 15 is 0 Å². The first-order valence-corrected chi connectivity index (χ1v) is 11.9. The van der Waals surface area contributed by atoms with Crippen molar-refractivity contribution in [2.24, 2.45) is 0 Å². The lowest BCUT2D eigenvalue weighted by atomic mass is 9.87. The topological polar surface area (TPSA) is 58.6 Å². The molecule has 0 saturated carbocycles. The molecular weight excluding hydrogens is 432 g/mol. The molecule has 2 amide bonds. The van der Waals surface area contributed by atoms with Gasteiger partial charge in [-0.15, -0.1) is 11.8 Å². The maximum absolute atomic E-state index is 12.7. The van der Waals surface area contributed by atoms with Gasteiger partial charge in [0, 0.05) is 16.9 Å². The summed E-state index contributed by atoms with van der Waals surface area (Å²) in [4.78, 5) is 27.1. The van der Waals surface area contributed by atoms with Crippen LogP contribution in [0.5, 0.6) is 5.75 Å². The minimum Gasteiger partial charge on any atom is -0.497 e. The summed E-state index contributed by atoms with van der Waals surface area (Å²) in [6.07, 6.45) is 0. The number of rotatable bonds is 5. The summed E-state index contributed by atoms with van der Waals surface area (Å²) in [6.45, 7) is 6.53. The smallest absolute Gasteiger partial charge is 0.255 e. The van der Waals surface area contributed by atoms with Gasteiger partial charge >= 0.3 is 0 Å². The molecule has 5 nitrogen and oxygen atoms in total. The number of hydrogen-bond donors (Lipinski definition) is 1. The Labute approximate surface area is 199 Å². The third kappa shape index (κ3) is 5.06. The molecular formula is C27H28N2O3S. The number of amides is 2. The Balaban J connectivity index is 1.49. The lowest BCUT2D eigenvalue weighted by molar-refractivity contribution is -0.115. The molecule has 0 radical (unpaired) electrons. The second-order valence-corrected chi connectivity index (χ2v) is 10.1. The number of methoxy groups -OCH3 is 1. The molecule has 0 unspecified atom stereocenters. The summed E-state index contributed by atoms with van der Waals surface area (Å²) in [6, 6.07) is 22.9. The normalized spacial score (nSPS) is 16.1. The highest BCUT2D eigenvalue weighted by Crippen LogP contribution is 2.42. The molecule has 0 bridgehead atoms. The van der Waals surface area contributed by atoms with E-state index in [-0.39, 0.29) is 22.6 Å². The number of nitrogens with one attached hydrogen (secondary N) is 1. The van der Waals surface area contributed by atoms with Gasteiger partial charge in [-0.3, -0.25) is 14.5 Å². The first-order valence-electron chi connectivity index (χ1n) is 10.9. The molecule has 1 heterocycles. The summed E-state index contributed by atoms with van der Waals surface area (Å²) < 4.78 is 5.14. The summed E-state index contributed by atoms with van der Waals surface area (Å²) in [5.74, 6) is 1.07. The SMILES string of the molecule is COc1ccc(C(=O)Nc2ccc([C@@H]3SCC(=O)N3c3ccc(C(C)(C)C)cc3)cc2)cc1. The molecule has 0 aromatic heterocycles. The van der Waals surface area contributed by atoms with E-state index in [0.29, 0.717) is 22.8 Å². The van der Waals surface area contributed by atoms with Crippen LogP contribution in [0.3, 0.4) is 0 Å². The van der Waals surface area contributed by atoms with Crippen molar-refractivity contribution in [3.05, 3.63) is 89.5 Å². The van der Waals surface area contributed by atoms with E-state index in [1.165, 1.54) is 5.56 Å². The van der Waals surface area contributed by atoms with E-state index in [1.54, 1.807) is 43.1 Å². The quantitative estimate of drug-likeness (QED) is 0.506. The van der Waals surface area contributed by atoms with Crippen LogP contribution in [0, 0.1) is 0 Å².